The van der Waals surface area contributed by atoms with E-state index >= 15 is 0 Å². The van der Waals surface area contributed by atoms with Gasteiger partial charge in [0.25, 0.3) is 5.91 Å². The van der Waals surface area contributed by atoms with Crippen molar-refractivity contribution in [1.82, 2.24) is 0 Å². The molecule has 0 spiro atoms. The molecule has 5 nitrogen and oxygen atoms in total. The normalized spacial score (nSPS) is 11.7. The molecule has 0 fully saturated rings. The molecule has 31 heavy (non-hydrogen) atoms. The van der Waals surface area contributed by atoms with Crippen molar-refractivity contribution >= 4 is 39.8 Å². The maximum atomic E-state index is 12.9. The standard InChI is InChI=1S/C24H24ClNO4S/c1-13-11-18(12-14(2)21(13)25)30-15(3)22(27)26-23-20(24(28)29-5)19(16(4)31-23)17-9-7-6-8-10-17/h6-12,15H,1-5H3,(H,26,27). The fourth-order valence-electron chi connectivity index (χ4n) is 3.33. The highest BCUT2D eigenvalue weighted by Gasteiger charge is 2.26. The zero-order valence-electron chi connectivity index (χ0n) is 18.0. The van der Waals surface area contributed by atoms with E-state index < -0.39 is 12.1 Å². The minimum Gasteiger partial charge on any atom is -0.481 e. The number of nitrogens with one attached hydrogen (secondary N) is 1. The molecule has 1 unspecified atom stereocenters. The van der Waals surface area contributed by atoms with Gasteiger partial charge in [0.05, 0.1) is 7.11 Å². The Morgan fingerprint density at radius 3 is 2.26 bits per heavy atom. The average molecular weight is 458 g/mol. The number of rotatable bonds is 6. The maximum Gasteiger partial charge on any atom is 0.341 e. The molecule has 0 bridgehead atoms. The fourth-order valence-corrected chi connectivity index (χ4v) is 4.50. The lowest BCUT2D eigenvalue weighted by Gasteiger charge is -2.16. The van der Waals surface area contributed by atoms with Gasteiger partial charge in [-0.2, -0.15) is 0 Å². The number of benzene rings is 2. The summed E-state index contributed by atoms with van der Waals surface area (Å²) in [5.41, 5.74) is 3.73. The predicted octanol–water partition coefficient (Wildman–Crippen LogP) is 6.19. The number of halogens is 1. The van der Waals surface area contributed by atoms with Crippen molar-refractivity contribution in [3.63, 3.8) is 0 Å². The highest BCUT2D eigenvalue weighted by atomic mass is 35.5. The summed E-state index contributed by atoms with van der Waals surface area (Å²) >= 11 is 7.54. The molecule has 1 atom stereocenters. The van der Waals surface area contributed by atoms with Gasteiger partial charge in [-0.15, -0.1) is 11.3 Å². The van der Waals surface area contributed by atoms with Crippen molar-refractivity contribution in [1.29, 1.82) is 0 Å². The van der Waals surface area contributed by atoms with Crippen molar-refractivity contribution in [3.8, 4) is 16.9 Å². The van der Waals surface area contributed by atoms with Gasteiger partial charge < -0.3 is 14.8 Å². The summed E-state index contributed by atoms with van der Waals surface area (Å²) in [5, 5.41) is 3.96. The van der Waals surface area contributed by atoms with Crippen LogP contribution in [0.15, 0.2) is 42.5 Å². The Morgan fingerprint density at radius 2 is 1.68 bits per heavy atom. The van der Waals surface area contributed by atoms with Gasteiger partial charge in [0.2, 0.25) is 0 Å². The predicted molar refractivity (Wildman–Crippen MR) is 125 cm³/mol. The zero-order valence-corrected chi connectivity index (χ0v) is 19.6. The smallest absolute Gasteiger partial charge is 0.341 e. The summed E-state index contributed by atoms with van der Waals surface area (Å²) in [6.07, 6.45) is -0.784. The number of hydrogen-bond donors (Lipinski definition) is 1. The van der Waals surface area contributed by atoms with Gasteiger partial charge in [0.15, 0.2) is 6.10 Å². The molecule has 1 heterocycles. The van der Waals surface area contributed by atoms with E-state index in [1.165, 1.54) is 18.4 Å². The summed E-state index contributed by atoms with van der Waals surface area (Å²) in [7, 11) is 1.33. The van der Waals surface area contributed by atoms with E-state index in [-0.39, 0.29) is 5.91 Å². The number of hydrogen-bond acceptors (Lipinski definition) is 5. The van der Waals surface area contributed by atoms with Crippen molar-refractivity contribution in [3.05, 3.63) is 69.1 Å². The molecular weight excluding hydrogens is 434 g/mol. The van der Waals surface area contributed by atoms with Gasteiger partial charge in [-0.05, 0) is 56.5 Å². The number of ether oxygens (including phenoxy) is 2. The lowest BCUT2D eigenvalue weighted by Crippen LogP contribution is -2.30. The minimum atomic E-state index is -0.784. The second-order valence-electron chi connectivity index (χ2n) is 7.22. The summed E-state index contributed by atoms with van der Waals surface area (Å²) in [6.45, 7) is 7.34. The molecule has 1 amide bonds. The maximum absolute atomic E-state index is 12.9. The van der Waals surface area contributed by atoms with E-state index in [4.69, 9.17) is 21.1 Å². The Morgan fingerprint density at radius 1 is 1.06 bits per heavy atom. The minimum absolute atomic E-state index is 0.343. The average Bonchev–Trinajstić information content (AvgIpc) is 3.07. The number of esters is 1. The Labute approximate surface area is 191 Å². The van der Waals surface area contributed by atoms with Crippen molar-refractivity contribution < 1.29 is 19.1 Å². The van der Waals surface area contributed by atoms with Crippen LogP contribution in [-0.4, -0.2) is 25.1 Å². The molecule has 7 heteroatoms. The molecule has 2 aromatic carbocycles. The van der Waals surface area contributed by atoms with Crippen LogP contribution in [0.25, 0.3) is 11.1 Å². The monoisotopic (exact) mass is 457 g/mol. The van der Waals surface area contributed by atoms with Gasteiger partial charge in [-0.25, -0.2) is 4.79 Å². The third kappa shape index (κ3) is 4.92. The third-order valence-electron chi connectivity index (χ3n) is 4.87. The van der Waals surface area contributed by atoms with Crippen LogP contribution in [0.1, 0.15) is 33.3 Å². The van der Waals surface area contributed by atoms with Crippen LogP contribution in [0.2, 0.25) is 5.02 Å². The molecule has 1 aromatic heterocycles. The first-order chi connectivity index (χ1) is 14.7. The topological polar surface area (TPSA) is 64.6 Å². The number of amides is 1. The zero-order chi connectivity index (χ0) is 22.7. The number of carbonyl (C=O) groups excluding carboxylic acids is 2. The summed E-state index contributed by atoms with van der Waals surface area (Å²) in [5.74, 6) is -0.310. The van der Waals surface area contributed by atoms with Crippen molar-refractivity contribution in [2.75, 3.05) is 12.4 Å². The van der Waals surface area contributed by atoms with E-state index in [1.807, 2.05) is 51.1 Å². The lowest BCUT2D eigenvalue weighted by atomic mass is 10.0. The van der Waals surface area contributed by atoms with Gasteiger partial charge in [0, 0.05) is 15.5 Å². The first kappa shape index (κ1) is 22.8. The number of thiophene rings is 1. The Kier molecular flexibility index (Phi) is 7.03. The van der Waals surface area contributed by atoms with Crippen LogP contribution in [0.3, 0.4) is 0 Å². The fraction of sp³-hybridized carbons (Fsp3) is 0.250. The van der Waals surface area contributed by atoms with Crippen LogP contribution in [0, 0.1) is 20.8 Å². The van der Waals surface area contributed by atoms with Crippen LogP contribution in [0.5, 0.6) is 5.75 Å². The van der Waals surface area contributed by atoms with E-state index in [1.54, 1.807) is 19.1 Å². The van der Waals surface area contributed by atoms with Crippen molar-refractivity contribution in [2.24, 2.45) is 0 Å². The number of anilines is 1. The first-order valence-electron chi connectivity index (χ1n) is 9.74. The molecule has 1 N–H and O–H groups in total. The molecule has 0 saturated carbocycles. The third-order valence-corrected chi connectivity index (χ3v) is 6.48. The highest BCUT2D eigenvalue weighted by Crippen LogP contribution is 2.40. The molecule has 0 aliphatic heterocycles. The molecule has 0 aliphatic rings. The second-order valence-corrected chi connectivity index (χ2v) is 8.82. The number of methoxy groups -OCH3 is 1. The van der Waals surface area contributed by atoms with Crippen LogP contribution >= 0.6 is 22.9 Å². The highest BCUT2D eigenvalue weighted by molar-refractivity contribution is 7.17. The lowest BCUT2D eigenvalue weighted by molar-refractivity contribution is -0.122. The summed E-state index contributed by atoms with van der Waals surface area (Å²) in [6, 6.07) is 13.1. The van der Waals surface area contributed by atoms with Crippen LogP contribution < -0.4 is 10.1 Å². The summed E-state index contributed by atoms with van der Waals surface area (Å²) in [4.78, 5) is 26.3. The molecular formula is C24H24ClNO4S. The molecule has 3 aromatic rings. The molecule has 0 saturated heterocycles. The Hall–Kier alpha value is -2.83. The number of carbonyl (C=O) groups is 2. The van der Waals surface area contributed by atoms with Gasteiger partial charge >= 0.3 is 5.97 Å². The van der Waals surface area contributed by atoms with Gasteiger partial charge in [0.1, 0.15) is 16.3 Å². The molecule has 0 aliphatic carbocycles. The second kappa shape index (κ2) is 9.54. The Bertz CT molecular complexity index is 1100. The van der Waals surface area contributed by atoms with E-state index in [2.05, 4.69) is 5.32 Å². The van der Waals surface area contributed by atoms with E-state index in [0.717, 1.165) is 27.1 Å². The SMILES string of the molecule is COC(=O)c1c(NC(=O)C(C)Oc2cc(C)c(Cl)c(C)c2)sc(C)c1-c1ccccc1. The molecule has 0 radical (unpaired) electrons. The largest absolute Gasteiger partial charge is 0.481 e. The summed E-state index contributed by atoms with van der Waals surface area (Å²) < 4.78 is 10.8. The van der Waals surface area contributed by atoms with Crippen LogP contribution in [-0.2, 0) is 9.53 Å². The Balaban J connectivity index is 1.88. The van der Waals surface area contributed by atoms with E-state index in [0.29, 0.717) is 21.3 Å². The van der Waals surface area contributed by atoms with Crippen LogP contribution in [0.4, 0.5) is 5.00 Å². The van der Waals surface area contributed by atoms with Gasteiger partial charge in [-0.3, -0.25) is 4.79 Å². The molecule has 3 rings (SSSR count). The van der Waals surface area contributed by atoms with Crippen molar-refractivity contribution in [2.45, 2.75) is 33.8 Å². The first-order valence-corrected chi connectivity index (χ1v) is 10.9. The molecule has 162 valence electrons. The van der Waals surface area contributed by atoms with Gasteiger partial charge in [-0.1, -0.05) is 41.9 Å². The quantitative estimate of drug-likeness (QED) is 0.448. The van der Waals surface area contributed by atoms with E-state index in [9.17, 15) is 9.59 Å². The number of aryl methyl sites for hydroxylation is 3.